The van der Waals surface area contributed by atoms with Crippen molar-refractivity contribution in [2.24, 2.45) is 0 Å². The third-order valence-electron chi connectivity index (χ3n) is 1.72. The minimum absolute atomic E-state index is 0.0153. The van der Waals surface area contributed by atoms with E-state index >= 15 is 0 Å². The van der Waals surface area contributed by atoms with Gasteiger partial charge in [0.05, 0.1) is 5.02 Å². The van der Waals surface area contributed by atoms with Gasteiger partial charge in [-0.2, -0.15) is 13.2 Å². The molecule has 0 saturated heterocycles. The van der Waals surface area contributed by atoms with Crippen molar-refractivity contribution in [1.82, 2.24) is 0 Å². The van der Waals surface area contributed by atoms with Gasteiger partial charge in [-0.05, 0) is 18.2 Å². The number of hydrogen-bond acceptors (Lipinski definition) is 1. The highest BCUT2D eigenvalue weighted by atomic mass is 35.5. The van der Waals surface area contributed by atoms with Gasteiger partial charge in [0.15, 0.2) is 5.76 Å². The quantitative estimate of drug-likeness (QED) is 0.656. The zero-order valence-electron chi connectivity index (χ0n) is 6.65. The molecule has 1 aliphatic heterocycles. The van der Waals surface area contributed by atoms with Gasteiger partial charge in [0.2, 0.25) is 5.76 Å². The van der Waals surface area contributed by atoms with Gasteiger partial charge in [-0.1, -0.05) is 11.6 Å². The average Bonchev–Trinajstić information content (AvgIpc) is 2.46. The van der Waals surface area contributed by atoms with E-state index in [1.165, 1.54) is 12.1 Å². The van der Waals surface area contributed by atoms with E-state index in [0.29, 0.717) is 5.56 Å². The molecule has 0 saturated carbocycles. The lowest BCUT2D eigenvalue weighted by Crippen LogP contribution is -2.04. The first-order valence-corrected chi connectivity index (χ1v) is 4.03. The highest BCUT2D eigenvalue weighted by Gasteiger charge is 2.34. The van der Waals surface area contributed by atoms with Crippen molar-refractivity contribution >= 4 is 11.6 Å². The first-order chi connectivity index (χ1) is 6.48. The Labute approximate surface area is 82.4 Å². The molecule has 0 aromatic heterocycles. The van der Waals surface area contributed by atoms with Gasteiger partial charge >= 0.3 is 6.18 Å². The Morgan fingerprint density at radius 3 is 2.64 bits per heavy atom. The number of fused-ring (bicyclic) bond motifs is 1. The van der Waals surface area contributed by atoms with Gasteiger partial charge < -0.3 is 4.42 Å². The Morgan fingerprint density at radius 2 is 2.00 bits per heavy atom. The first-order valence-electron chi connectivity index (χ1n) is 3.65. The monoisotopic (exact) mass is 219 g/mol. The molecule has 0 aromatic carbocycles. The fourth-order valence-electron chi connectivity index (χ4n) is 1.09. The Bertz CT molecular complexity index is 432. The summed E-state index contributed by atoms with van der Waals surface area (Å²) < 4.78 is 41.2. The van der Waals surface area contributed by atoms with E-state index in [-0.39, 0.29) is 10.8 Å². The lowest BCUT2D eigenvalue weighted by atomic mass is 10.2. The highest BCUT2D eigenvalue weighted by Crippen LogP contribution is 2.37. The minimum atomic E-state index is -4.49. The van der Waals surface area contributed by atoms with Crippen molar-refractivity contribution in [2.45, 2.75) is 6.18 Å². The maximum absolute atomic E-state index is 12.2. The zero-order chi connectivity index (χ0) is 10.3. The molecule has 1 heterocycles. The van der Waals surface area contributed by atoms with E-state index in [1.54, 1.807) is 0 Å². The van der Waals surface area contributed by atoms with Crippen molar-refractivity contribution in [2.75, 3.05) is 0 Å². The van der Waals surface area contributed by atoms with Crippen molar-refractivity contribution < 1.29 is 17.6 Å². The van der Waals surface area contributed by atoms with E-state index in [9.17, 15) is 13.2 Å². The summed E-state index contributed by atoms with van der Waals surface area (Å²) >= 11 is 5.58. The van der Waals surface area contributed by atoms with Crippen LogP contribution in [0.25, 0.3) is 11.3 Å². The van der Waals surface area contributed by atoms with Gasteiger partial charge in [0, 0.05) is 11.6 Å². The van der Waals surface area contributed by atoms with Gasteiger partial charge in [-0.3, -0.25) is 0 Å². The number of hydrogen-bond donors (Lipinski definition) is 0. The second kappa shape index (κ2) is 2.92. The largest absolute Gasteiger partial charge is 0.450 e. The summed E-state index contributed by atoms with van der Waals surface area (Å²) in [4.78, 5) is 0. The molecule has 0 fully saturated rings. The van der Waals surface area contributed by atoms with Gasteiger partial charge in [0.25, 0.3) is 0 Å². The smallest absolute Gasteiger partial charge is 0.449 e. The number of rotatable bonds is 0. The normalized spacial score (nSPS) is 12.3. The van der Waals surface area contributed by atoms with Crippen molar-refractivity contribution in [3.8, 4) is 11.3 Å². The van der Waals surface area contributed by atoms with Crippen LogP contribution >= 0.6 is 11.6 Å². The molecule has 1 nitrogen and oxygen atoms in total. The molecule has 0 spiro atoms. The first kappa shape index (κ1) is 9.40. The summed E-state index contributed by atoms with van der Waals surface area (Å²) in [6.45, 7) is 0. The fraction of sp³-hybridized carbons (Fsp3) is 0.111. The Kier molecular flexibility index (Phi) is 1.96. The van der Waals surface area contributed by atoms with Crippen LogP contribution in [0.15, 0.2) is 22.6 Å². The standard InChI is InChI=1S/C9H3ClF3O/c10-6-3-1-5-2-4-7(9(11,12)13)14-8(5)6/h1-2,4H. The molecule has 5 heteroatoms. The SMILES string of the molecule is FC(F)(F)c1ccc2c[c]c(Cl)c-2o1. The summed E-state index contributed by atoms with van der Waals surface area (Å²) in [6, 6.07) is 6.20. The Morgan fingerprint density at radius 1 is 1.29 bits per heavy atom. The van der Waals surface area contributed by atoms with Crippen LogP contribution in [-0.4, -0.2) is 0 Å². The van der Waals surface area contributed by atoms with Crippen LogP contribution in [-0.2, 0) is 6.18 Å². The van der Waals surface area contributed by atoms with Crippen LogP contribution in [0.2, 0.25) is 5.02 Å². The third kappa shape index (κ3) is 1.46. The molecule has 0 N–H and O–H groups in total. The van der Waals surface area contributed by atoms with E-state index < -0.39 is 11.9 Å². The van der Waals surface area contributed by atoms with Crippen LogP contribution in [0.3, 0.4) is 0 Å². The number of alkyl halides is 3. The second-order valence-electron chi connectivity index (χ2n) is 2.68. The lowest BCUT2D eigenvalue weighted by molar-refractivity contribution is -0.153. The predicted molar refractivity (Wildman–Crippen MR) is 44.2 cm³/mol. The Hall–Kier alpha value is -1.16. The van der Waals surface area contributed by atoms with Gasteiger partial charge in [-0.15, -0.1) is 0 Å². The molecular formula is C9H3ClF3O. The van der Waals surface area contributed by atoms with Crippen molar-refractivity contribution in [1.29, 1.82) is 0 Å². The summed E-state index contributed by atoms with van der Waals surface area (Å²) in [5.74, 6) is -1.05. The predicted octanol–water partition coefficient (Wildman–Crippen LogP) is 3.86. The van der Waals surface area contributed by atoms with Crippen LogP contribution in [0.4, 0.5) is 13.2 Å². The third-order valence-corrected chi connectivity index (χ3v) is 2.00. The topological polar surface area (TPSA) is 13.1 Å². The van der Waals surface area contributed by atoms with Crippen LogP contribution in [0.1, 0.15) is 5.76 Å². The van der Waals surface area contributed by atoms with Crippen molar-refractivity contribution in [3.63, 3.8) is 0 Å². The maximum Gasteiger partial charge on any atom is 0.449 e. The summed E-state index contributed by atoms with van der Waals surface area (Å²) in [6.07, 6.45) is -4.49. The molecule has 0 unspecified atom stereocenters. The van der Waals surface area contributed by atoms with E-state index in [1.807, 2.05) is 0 Å². The van der Waals surface area contributed by atoms with E-state index in [4.69, 9.17) is 11.6 Å². The van der Waals surface area contributed by atoms with Crippen molar-refractivity contribution in [3.05, 3.63) is 35.0 Å². The molecular weight excluding hydrogens is 217 g/mol. The van der Waals surface area contributed by atoms with Crippen LogP contribution in [0, 0.1) is 6.07 Å². The fourth-order valence-corrected chi connectivity index (χ4v) is 1.29. The highest BCUT2D eigenvalue weighted by molar-refractivity contribution is 6.33. The molecule has 14 heavy (non-hydrogen) atoms. The van der Waals surface area contributed by atoms with Gasteiger partial charge in [-0.25, -0.2) is 0 Å². The molecule has 73 valence electrons. The lowest BCUT2D eigenvalue weighted by Gasteiger charge is -2.07. The van der Waals surface area contributed by atoms with Crippen LogP contribution < -0.4 is 0 Å². The van der Waals surface area contributed by atoms with Gasteiger partial charge in [0.1, 0.15) is 0 Å². The summed E-state index contributed by atoms with van der Waals surface area (Å²) in [5.41, 5.74) is 0.503. The van der Waals surface area contributed by atoms with Crippen LogP contribution in [0.5, 0.6) is 0 Å². The molecule has 2 rings (SSSR count). The van der Waals surface area contributed by atoms with E-state index in [2.05, 4.69) is 10.5 Å². The molecule has 2 aliphatic rings. The second-order valence-corrected chi connectivity index (χ2v) is 3.06. The Balaban J connectivity index is 2.61. The zero-order valence-corrected chi connectivity index (χ0v) is 7.41. The minimum Gasteiger partial charge on any atom is -0.450 e. The summed E-state index contributed by atoms with van der Waals surface area (Å²) in [5, 5.41) is 0.0612. The average molecular weight is 220 g/mol. The maximum atomic E-state index is 12.2. The molecule has 1 radical (unpaired) electrons. The number of halogens is 4. The molecule has 0 aromatic rings. The molecule has 0 bridgehead atoms. The summed E-state index contributed by atoms with van der Waals surface area (Å²) in [7, 11) is 0. The molecule has 1 aliphatic carbocycles. The molecule has 0 atom stereocenters. The molecule has 0 amide bonds. The van der Waals surface area contributed by atoms with E-state index in [0.717, 1.165) is 6.07 Å².